The second-order valence-corrected chi connectivity index (χ2v) is 6.18. The fraction of sp³-hybridized carbons (Fsp3) is 0.600. The molecule has 1 aromatic rings. The van der Waals surface area contributed by atoms with E-state index in [-0.39, 0.29) is 6.10 Å². The second kappa shape index (κ2) is 8.07. The van der Waals surface area contributed by atoms with Gasteiger partial charge in [-0.3, -0.25) is 0 Å². The van der Waals surface area contributed by atoms with Crippen molar-refractivity contribution in [1.82, 2.24) is 5.32 Å². The Kier molecular flexibility index (Phi) is 6.40. The Morgan fingerprint density at radius 1 is 1.37 bits per heavy atom. The Morgan fingerprint density at radius 3 is 3.00 bits per heavy atom. The first-order chi connectivity index (χ1) is 9.28. The minimum Gasteiger partial charge on any atom is -0.491 e. The zero-order valence-electron chi connectivity index (χ0n) is 11.4. The van der Waals surface area contributed by atoms with Crippen LogP contribution in [0.2, 0.25) is 0 Å². The minimum absolute atomic E-state index is 0.242. The molecule has 2 atom stereocenters. The molecule has 3 nitrogen and oxygen atoms in total. The van der Waals surface area contributed by atoms with Crippen molar-refractivity contribution < 1.29 is 9.47 Å². The lowest BCUT2D eigenvalue weighted by atomic mass is 10.2. The van der Waals surface area contributed by atoms with Gasteiger partial charge in [-0.2, -0.15) is 0 Å². The van der Waals surface area contributed by atoms with Crippen molar-refractivity contribution in [3.8, 4) is 5.75 Å². The fourth-order valence-electron chi connectivity index (χ4n) is 2.24. The molecule has 0 aromatic heterocycles. The van der Waals surface area contributed by atoms with E-state index in [0.29, 0.717) is 12.7 Å². The maximum atomic E-state index is 5.97. The average molecular weight is 375 g/mol. The van der Waals surface area contributed by atoms with E-state index in [1.54, 1.807) is 0 Å². The van der Waals surface area contributed by atoms with Crippen LogP contribution < -0.4 is 10.1 Å². The molecule has 0 bridgehead atoms. The zero-order valence-corrected chi connectivity index (χ0v) is 13.6. The Balaban J connectivity index is 1.67. The van der Waals surface area contributed by atoms with Gasteiger partial charge in [0.05, 0.1) is 12.2 Å². The molecule has 1 aromatic carbocycles. The molecule has 0 radical (unpaired) electrons. The van der Waals surface area contributed by atoms with Gasteiger partial charge in [-0.25, -0.2) is 0 Å². The monoisotopic (exact) mass is 375 g/mol. The summed E-state index contributed by atoms with van der Waals surface area (Å²) in [5.74, 6) is 0.933. The predicted octanol–water partition coefficient (Wildman–Crippen LogP) is 3.22. The summed E-state index contributed by atoms with van der Waals surface area (Å²) in [4.78, 5) is 0. The minimum atomic E-state index is 0.242. The quantitative estimate of drug-likeness (QED) is 0.587. The van der Waals surface area contributed by atoms with Gasteiger partial charge >= 0.3 is 0 Å². The summed E-state index contributed by atoms with van der Waals surface area (Å²) in [5.41, 5.74) is 0. The van der Waals surface area contributed by atoms with Crippen molar-refractivity contribution in [2.24, 2.45) is 0 Å². The van der Waals surface area contributed by atoms with Crippen molar-refractivity contribution in [3.05, 3.63) is 27.8 Å². The molecular formula is C15H22INO2. The van der Waals surface area contributed by atoms with Gasteiger partial charge in [-0.15, -0.1) is 0 Å². The highest BCUT2D eigenvalue weighted by Gasteiger charge is 2.25. The summed E-state index contributed by atoms with van der Waals surface area (Å²) < 4.78 is 13.0. The molecule has 1 saturated heterocycles. The van der Waals surface area contributed by atoms with Crippen LogP contribution in [-0.4, -0.2) is 31.9 Å². The number of halogens is 1. The summed E-state index contributed by atoms with van der Waals surface area (Å²) in [6.07, 6.45) is 4.01. The van der Waals surface area contributed by atoms with Crippen molar-refractivity contribution in [1.29, 1.82) is 0 Å². The number of hydrogen-bond acceptors (Lipinski definition) is 3. The van der Waals surface area contributed by atoms with Gasteiger partial charge in [-0.05, 0) is 66.6 Å². The second-order valence-electron chi connectivity index (χ2n) is 4.93. The first-order valence-corrected chi connectivity index (χ1v) is 8.10. The number of nitrogens with one attached hydrogen (secondary N) is 1. The molecular weight excluding hydrogens is 353 g/mol. The van der Waals surface area contributed by atoms with Crippen LogP contribution in [0.3, 0.4) is 0 Å². The van der Waals surface area contributed by atoms with Gasteiger partial charge in [0, 0.05) is 10.1 Å². The first-order valence-electron chi connectivity index (χ1n) is 7.02. The van der Waals surface area contributed by atoms with Crippen LogP contribution in [0.4, 0.5) is 0 Å². The molecule has 4 heteroatoms. The lowest BCUT2D eigenvalue weighted by Crippen LogP contribution is -2.28. The molecule has 0 amide bonds. The first kappa shape index (κ1) is 15.1. The van der Waals surface area contributed by atoms with Crippen LogP contribution in [0, 0.1) is 3.57 Å². The van der Waals surface area contributed by atoms with Crippen LogP contribution in [-0.2, 0) is 4.74 Å². The summed E-state index contributed by atoms with van der Waals surface area (Å²) in [5, 5.41) is 3.41. The molecule has 1 heterocycles. The zero-order chi connectivity index (χ0) is 13.5. The largest absolute Gasteiger partial charge is 0.491 e. The highest BCUT2D eigenvalue weighted by molar-refractivity contribution is 14.1. The molecule has 1 N–H and O–H groups in total. The van der Waals surface area contributed by atoms with Gasteiger partial charge < -0.3 is 14.8 Å². The van der Waals surface area contributed by atoms with Gasteiger partial charge in [0.15, 0.2) is 0 Å². The van der Waals surface area contributed by atoms with E-state index in [1.807, 2.05) is 12.1 Å². The van der Waals surface area contributed by atoms with Crippen molar-refractivity contribution >= 4 is 22.6 Å². The molecule has 0 aliphatic carbocycles. The molecule has 1 aliphatic rings. The fourth-order valence-corrected chi connectivity index (χ4v) is 2.75. The summed E-state index contributed by atoms with van der Waals surface area (Å²) in [6.45, 7) is 4.88. The molecule has 106 valence electrons. The maximum absolute atomic E-state index is 5.97. The third kappa shape index (κ3) is 5.28. The highest BCUT2D eigenvalue weighted by Crippen LogP contribution is 2.21. The third-order valence-corrected chi connectivity index (χ3v) is 3.90. The van der Waals surface area contributed by atoms with E-state index in [1.165, 1.54) is 9.99 Å². The maximum Gasteiger partial charge on any atom is 0.120 e. The number of rotatable bonds is 7. The van der Waals surface area contributed by atoms with Gasteiger partial charge in [0.1, 0.15) is 12.4 Å². The van der Waals surface area contributed by atoms with Crippen molar-refractivity contribution in [2.45, 2.75) is 38.4 Å². The highest BCUT2D eigenvalue weighted by atomic mass is 127. The molecule has 2 unspecified atom stereocenters. The Morgan fingerprint density at radius 2 is 2.21 bits per heavy atom. The van der Waals surface area contributed by atoms with Crippen molar-refractivity contribution in [2.75, 3.05) is 19.7 Å². The van der Waals surface area contributed by atoms with Crippen LogP contribution in [0.1, 0.15) is 26.2 Å². The van der Waals surface area contributed by atoms with E-state index in [4.69, 9.17) is 9.47 Å². The molecule has 19 heavy (non-hydrogen) atoms. The topological polar surface area (TPSA) is 30.5 Å². The standard InChI is InChI=1S/C15H22INO2/c1-2-8-17-10-14-6-7-15(19-14)11-18-13-5-3-4-12(16)9-13/h3-5,9,14-15,17H,2,6-8,10-11H2,1H3. The molecule has 1 fully saturated rings. The molecule has 2 rings (SSSR count). The van der Waals surface area contributed by atoms with Crippen LogP contribution in [0.25, 0.3) is 0 Å². The summed E-state index contributed by atoms with van der Waals surface area (Å²) in [7, 11) is 0. The summed E-state index contributed by atoms with van der Waals surface area (Å²) >= 11 is 2.30. The normalized spacial score (nSPS) is 22.6. The van der Waals surface area contributed by atoms with E-state index in [2.05, 4.69) is 47.0 Å². The van der Waals surface area contributed by atoms with E-state index in [0.717, 1.165) is 31.7 Å². The predicted molar refractivity (Wildman–Crippen MR) is 85.7 cm³/mol. The number of hydrogen-bond donors (Lipinski definition) is 1. The smallest absolute Gasteiger partial charge is 0.120 e. The van der Waals surface area contributed by atoms with E-state index >= 15 is 0 Å². The molecule has 0 spiro atoms. The van der Waals surface area contributed by atoms with Gasteiger partial charge in [-0.1, -0.05) is 13.0 Å². The SMILES string of the molecule is CCCNCC1CCC(COc2cccc(I)c2)O1. The van der Waals surface area contributed by atoms with Crippen LogP contribution >= 0.6 is 22.6 Å². The van der Waals surface area contributed by atoms with Crippen LogP contribution in [0.15, 0.2) is 24.3 Å². The third-order valence-electron chi connectivity index (χ3n) is 3.23. The Bertz CT molecular complexity index is 386. The van der Waals surface area contributed by atoms with Crippen LogP contribution in [0.5, 0.6) is 5.75 Å². The Hall–Kier alpha value is -0.330. The van der Waals surface area contributed by atoms with E-state index in [9.17, 15) is 0 Å². The molecule has 1 aliphatic heterocycles. The van der Waals surface area contributed by atoms with Crippen molar-refractivity contribution in [3.63, 3.8) is 0 Å². The lowest BCUT2D eigenvalue weighted by Gasteiger charge is -2.15. The Labute approximate surface area is 129 Å². The van der Waals surface area contributed by atoms with E-state index < -0.39 is 0 Å². The average Bonchev–Trinajstić information content (AvgIpc) is 2.85. The van der Waals surface area contributed by atoms with Gasteiger partial charge in [0.2, 0.25) is 0 Å². The summed E-state index contributed by atoms with van der Waals surface area (Å²) in [6, 6.07) is 8.13. The lowest BCUT2D eigenvalue weighted by molar-refractivity contribution is 0.0186. The number of benzene rings is 1. The number of ether oxygens (including phenoxy) is 2. The molecule has 0 saturated carbocycles. The van der Waals surface area contributed by atoms with Gasteiger partial charge in [0.25, 0.3) is 0 Å².